The lowest BCUT2D eigenvalue weighted by Crippen LogP contribution is -1.77. The van der Waals surface area contributed by atoms with Crippen molar-refractivity contribution in [1.29, 1.82) is 0 Å². The van der Waals surface area contributed by atoms with Crippen LogP contribution in [0, 0.1) is 0 Å². The van der Waals surface area contributed by atoms with Gasteiger partial charge in [-0.05, 0) is 6.07 Å². The van der Waals surface area contributed by atoms with Gasteiger partial charge < -0.3 is 0 Å². The first kappa shape index (κ1) is 6.85. The summed E-state index contributed by atoms with van der Waals surface area (Å²) in [4.78, 5) is 9.07. The Labute approximate surface area is 77.3 Å². The Bertz CT molecular complexity index is 524. The van der Waals surface area contributed by atoms with Crippen LogP contribution in [0.4, 0.5) is 0 Å². The number of hydrogen-bond acceptors (Lipinski definition) is 5. The van der Waals surface area contributed by atoms with E-state index in [4.69, 9.17) is 0 Å². The van der Waals surface area contributed by atoms with Gasteiger partial charge in [0.1, 0.15) is 11.2 Å². The minimum absolute atomic E-state index is 0.915. The van der Waals surface area contributed by atoms with E-state index in [1.54, 1.807) is 30.1 Å². The third-order valence-corrected chi connectivity index (χ3v) is 2.84. The van der Waals surface area contributed by atoms with E-state index < -0.39 is 0 Å². The van der Waals surface area contributed by atoms with Crippen molar-refractivity contribution in [2.45, 2.75) is 0 Å². The molecule has 0 radical (unpaired) electrons. The van der Waals surface area contributed by atoms with E-state index in [0.717, 1.165) is 20.4 Å². The van der Waals surface area contributed by atoms with Crippen molar-refractivity contribution in [1.82, 2.24) is 20.2 Å². The number of thiophene rings is 1. The maximum absolute atomic E-state index is 4.20. The molecule has 0 bridgehead atoms. The van der Waals surface area contributed by atoms with Crippen LogP contribution in [-0.4, -0.2) is 20.2 Å². The van der Waals surface area contributed by atoms with Crippen LogP contribution in [0.1, 0.15) is 0 Å². The van der Waals surface area contributed by atoms with E-state index in [9.17, 15) is 0 Å². The van der Waals surface area contributed by atoms with Gasteiger partial charge >= 0.3 is 0 Å². The number of nitrogens with zero attached hydrogens (tertiary/aromatic N) is 4. The molecule has 0 spiro atoms. The molecule has 0 aliphatic carbocycles. The van der Waals surface area contributed by atoms with Crippen molar-refractivity contribution >= 4 is 31.8 Å². The average molecular weight is 188 g/mol. The van der Waals surface area contributed by atoms with E-state index in [-0.39, 0.29) is 0 Å². The molecule has 0 atom stereocenters. The summed E-state index contributed by atoms with van der Waals surface area (Å²) in [5, 5.41) is 8.89. The topological polar surface area (TPSA) is 51.6 Å². The van der Waals surface area contributed by atoms with E-state index in [0.29, 0.717) is 0 Å². The molecule has 0 unspecified atom stereocenters. The highest BCUT2D eigenvalue weighted by Crippen LogP contribution is 2.28. The molecule has 0 aromatic carbocycles. The molecule has 0 saturated carbocycles. The Morgan fingerprint density at radius 3 is 3.31 bits per heavy atom. The minimum atomic E-state index is 0.915. The lowest BCUT2D eigenvalue weighted by Gasteiger charge is -1.85. The van der Waals surface area contributed by atoms with Gasteiger partial charge in [0.25, 0.3) is 0 Å². The van der Waals surface area contributed by atoms with Gasteiger partial charge in [0.2, 0.25) is 0 Å². The molecule has 13 heavy (non-hydrogen) atoms. The highest BCUT2D eigenvalue weighted by Gasteiger charge is 2.05. The second-order valence-corrected chi connectivity index (χ2v) is 3.62. The fraction of sp³-hybridized carbons (Fsp3) is 0. The number of aromatic nitrogens is 4. The van der Waals surface area contributed by atoms with Crippen LogP contribution in [0.15, 0.2) is 24.8 Å². The summed E-state index contributed by atoms with van der Waals surface area (Å²) in [6.45, 7) is 0. The Hall–Kier alpha value is -1.62. The first-order valence-electron chi connectivity index (χ1n) is 3.75. The highest BCUT2D eigenvalue weighted by atomic mass is 32.1. The van der Waals surface area contributed by atoms with Crippen molar-refractivity contribution in [3.8, 4) is 0 Å². The van der Waals surface area contributed by atoms with E-state index in [1.165, 1.54) is 0 Å². The Kier molecular flexibility index (Phi) is 1.28. The van der Waals surface area contributed by atoms with Gasteiger partial charge in [-0.2, -0.15) is 5.10 Å². The van der Waals surface area contributed by atoms with Crippen molar-refractivity contribution in [3.63, 3.8) is 0 Å². The number of hydrogen-bond donors (Lipinski definition) is 0. The molecule has 0 saturated heterocycles. The van der Waals surface area contributed by atoms with Crippen LogP contribution in [0.3, 0.4) is 0 Å². The molecule has 4 nitrogen and oxygen atoms in total. The molecule has 3 rings (SSSR count). The Balaban J connectivity index is 2.64. The van der Waals surface area contributed by atoms with Crippen molar-refractivity contribution < 1.29 is 0 Å². The first-order valence-corrected chi connectivity index (χ1v) is 4.57. The lowest BCUT2D eigenvalue weighted by molar-refractivity contribution is 1.09. The fourth-order valence-electron chi connectivity index (χ4n) is 1.27. The maximum atomic E-state index is 4.20. The average Bonchev–Trinajstić information content (AvgIpc) is 2.56. The second-order valence-electron chi connectivity index (χ2n) is 2.59. The molecule has 3 heterocycles. The predicted octanol–water partition coefficient (Wildman–Crippen LogP) is 1.63. The third-order valence-electron chi connectivity index (χ3n) is 1.83. The highest BCUT2D eigenvalue weighted by molar-refractivity contribution is 7.25. The summed E-state index contributed by atoms with van der Waals surface area (Å²) in [7, 11) is 0. The third kappa shape index (κ3) is 0.905. The van der Waals surface area contributed by atoms with Gasteiger partial charge in [0, 0.05) is 11.6 Å². The summed E-state index contributed by atoms with van der Waals surface area (Å²) in [6.07, 6.45) is 5.03. The predicted molar refractivity (Wildman–Crippen MR) is 50.5 cm³/mol. The zero-order valence-corrected chi connectivity index (χ0v) is 7.32. The molecule has 5 heteroatoms. The zero-order valence-electron chi connectivity index (χ0n) is 6.51. The molecular formula is C8H4N4S. The molecule has 0 aliphatic rings. The quantitative estimate of drug-likeness (QED) is 0.538. The summed E-state index contributed by atoms with van der Waals surface area (Å²) in [5.74, 6) is 0. The Morgan fingerprint density at radius 1 is 1.31 bits per heavy atom. The number of rotatable bonds is 0. The van der Waals surface area contributed by atoms with Crippen LogP contribution >= 0.6 is 11.3 Å². The van der Waals surface area contributed by atoms with Crippen LogP contribution in [0.5, 0.6) is 0 Å². The van der Waals surface area contributed by atoms with Gasteiger partial charge in [0.05, 0.1) is 16.4 Å². The molecular weight excluding hydrogens is 184 g/mol. The summed E-state index contributed by atoms with van der Waals surface area (Å²) in [6, 6.07) is 1.92. The van der Waals surface area contributed by atoms with E-state index in [2.05, 4.69) is 20.2 Å². The van der Waals surface area contributed by atoms with Gasteiger partial charge in [-0.1, -0.05) is 0 Å². The van der Waals surface area contributed by atoms with Gasteiger partial charge in [0.15, 0.2) is 0 Å². The van der Waals surface area contributed by atoms with E-state index >= 15 is 0 Å². The molecule has 3 aromatic rings. The van der Waals surface area contributed by atoms with Crippen LogP contribution in [0.25, 0.3) is 20.4 Å². The summed E-state index contributed by atoms with van der Waals surface area (Å²) in [5.41, 5.74) is 0.963. The van der Waals surface area contributed by atoms with Gasteiger partial charge in [-0.3, -0.25) is 0 Å². The lowest BCUT2D eigenvalue weighted by atomic mass is 10.3. The summed E-state index contributed by atoms with van der Waals surface area (Å²) >= 11 is 1.56. The largest absolute Gasteiger partial charge is 0.243 e. The van der Waals surface area contributed by atoms with Crippen molar-refractivity contribution in [2.24, 2.45) is 0 Å². The van der Waals surface area contributed by atoms with E-state index in [1.807, 2.05) is 6.07 Å². The standard InChI is InChI=1S/C8H4N4S/c1-2-11-12-8-5(1)7-6(13-8)3-9-4-10-7/h1-4H. The van der Waals surface area contributed by atoms with Gasteiger partial charge in [-0.25, -0.2) is 9.97 Å². The van der Waals surface area contributed by atoms with Crippen molar-refractivity contribution in [2.75, 3.05) is 0 Å². The van der Waals surface area contributed by atoms with Crippen molar-refractivity contribution in [3.05, 3.63) is 24.8 Å². The number of fused-ring (bicyclic) bond motifs is 3. The minimum Gasteiger partial charge on any atom is -0.243 e. The smallest absolute Gasteiger partial charge is 0.148 e. The van der Waals surface area contributed by atoms with Gasteiger partial charge in [-0.15, -0.1) is 16.4 Å². The maximum Gasteiger partial charge on any atom is 0.148 e. The monoisotopic (exact) mass is 188 g/mol. The molecule has 0 fully saturated rings. The summed E-state index contributed by atoms with van der Waals surface area (Å²) < 4.78 is 1.05. The second kappa shape index (κ2) is 2.43. The molecule has 0 aliphatic heterocycles. The van der Waals surface area contributed by atoms with Crippen LogP contribution < -0.4 is 0 Å². The first-order chi connectivity index (χ1) is 6.45. The molecule has 0 amide bonds. The van der Waals surface area contributed by atoms with Crippen LogP contribution in [0.2, 0.25) is 0 Å². The Morgan fingerprint density at radius 2 is 2.31 bits per heavy atom. The molecule has 0 N–H and O–H groups in total. The van der Waals surface area contributed by atoms with Crippen LogP contribution in [-0.2, 0) is 0 Å². The molecule has 62 valence electrons. The normalized spacial score (nSPS) is 11.1. The SMILES string of the molecule is c1cc2c(nn1)sc1cncnc12. The molecule has 3 aromatic heterocycles. The fourth-order valence-corrected chi connectivity index (χ4v) is 2.22. The zero-order chi connectivity index (χ0) is 8.67.